The Morgan fingerprint density at radius 3 is 2.52 bits per heavy atom. The summed E-state index contributed by atoms with van der Waals surface area (Å²) in [4.78, 5) is 26.0. The highest BCUT2D eigenvalue weighted by molar-refractivity contribution is 5.98. The normalized spacial score (nSPS) is 18.0. The molecule has 2 aromatic rings. The van der Waals surface area contributed by atoms with Gasteiger partial charge in [0.1, 0.15) is 5.75 Å². The number of ether oxygens (including phenoxy) is 1. The summed E-state index contributed by atoms with van der Waals surface area (Å²) in [5, 5.41) is 3.00. The van der Waals surface area contributed by atoms with Crippen molar-refractivity contribution in [2.75, 3.05) is 20.2 Å². The molecule has 2 fully saturated rings. The number of methoxy groups -OCH3 is 1. The van der Waals surface area contributed by atoms with Gasteiger partial charge in [-0.2, -0.15) is 0 Å². The molecule has 2 saturated heterocycles. The van der Waals surface area contributed by atoms with E-state index in [0.29, 0.717) is 30.8 Å². The number of benzene rings is 2. The van der Waals surface area contributed by atoms with Crippen LogP contribution >= 0.6 is 0 Å². The third-order valence-corrected chi connectivity index (χ3v) is 5.05. The van der Waals surface area contributed by atoms with Crippen molar-refractivity contribution in [3.8, 4) is 16.9 Å². The molecule has 2 aliphatic heterocycles. The lowest BCUT2D eigenvalue weighted by molar-refractivity contribution is -0.120. The van der Waals surface area contributed by atoms with Crippen LogP contribution in [0.4, 0.5) is 0 Å². The molecule has 1 spiro atoms. The molecular formula is C20H20N2O3. The molecule has 2 aliphatic rings. The fraction of sp³-hybridized carbons (Fsp3) is 0.300. The zero-order chi connectivity index (χ0) is 17.4. The van der Waals surface area contributed by atoms with Crippen molar-refractivity contribution in [3.05, 3.63) is 54.1 Å². The van der Waals surface area contributed by atoms with Gasteiger partial charge in [-0.3, -0.25) is 9.59 Å². The Bertz CT molecular complexity index is 826. The molecule has 0 unspecified atom stereocenters. The second-order valence-electron chi connectivity index (χ2n) is 6.77. The zero-order valence-corrected chi connectivity index (χ0v) is 14.1. The Kier molecular flexibility index (Phi) is 3.71. The van der Waals surface area contributed by atoms with Crippen LogP contribution in [-0.2, 0) is 4.79 Å². The zero-order valence-electron chi connectivity index (χ0n) is 14.1. The molecule has 2 amide bonds. The number of nitrogens with one attached hydrogen (secondary N) is 1. The van der Waals surface area contributed by atoms with E-state index < -0.39 is 0 Å². The smallest absolute Gasteiger partial charge is 0.257 e. The minimum atomic E-state index is -0.204. The summed E-state index contributed by atoms with van der Waals surface area (Å²) >= 11 is 0. The molecule has 0 saturated carbocycles. The molecule has 0 aromatic heterocycles. The van der Waals surface area contributed by atoms with Crippen LogP contribution in [0, 0.1) is 0 Å². The largest absolute Gasteiger partial charge is 0.496 e. The molecular weight excluding hydrogens is 316 g/mol. The Labute approximate surface area is 146 Å². The fourth-order valence-electron chi connectivity index (χ4n) is 3.69. The van der Waals surface area contributed by atoms with Crippen molar-refractivity contribution >= 4 is 11.8 Å². The third kappa shape index (κ3) is 2.76. The first-order chi connectivity index (χ1) is 12.1. The molecule has 0 bridgehead atoms. The summed E-state index contributed by atoms with van der Waals surface area (Å²) < 4.78 is 5.46. The summed E-state index contributed by atoms with van der Waals surface area (Å²) in [6, 6.07) is 15.7. The number of carbonyl (C=O) groups excluding carboxylic acids is 2. The van der Waals surface area contributed by atoms with Crippen molar-refractivity contribution in [3.63, 3.8) is 0 Å². The Morgan fingerprint density at radius 2 is 1.88 bits per heavy atom. The van der Waals surface area contributed by atoms with Gasteiger partial charge in [0, 0.05) is 19.5 Å². The van der Waals surface area contributed by atoms with E-state index in [0.717, 1.165) is 17.5 Å². The first-order valence-corrected chi connectivity index (χ1v) is 8.44. The maximum Gasteiger partial charge on any atom is 0.257 e. The third-order valence-electron chi connectivity index (χ3n) is 5.05. The predicted octanol–water partition coefficient (Wildman–Crippen LogP) is 2.47. The lowest BCUT2D eigenvalue weighted by Gasteiger charge is -2.47. The molecule has 25 heavy (non-hydrogen) atoms. The fourth-order valence-corrected chi connectivity index (χ4v) is 3.69. The van der Waals surface area contributed by atoms with Crippen LogP contribution in [0.15, 0.2) is 48.5 Å². The Morgan fingerprint density at radius 1 is 1.12 bits per heavy atom. The minimum Gasteiger partial charge on any atom is -0.496 e. The minimum absolute atomic E-state index is 0.0526. The van der Waals surface area contributed by atoms with Gasteiger partial charge in [0.2, 0.25) is 5.91 Å². The topological polar surface area (TPSA) is 58.6 Å². The number of nitrogens with zero attached hydrogens (tertiary/aromatic N) is 1. The molecule has 0 aliphatic carbocycles. The molecule has 5 nitrogen and oxygen atoms in total. The quantitative estimate of drug-likeness (QED) is 0.937. The average Bonchev–Trinajstić information content (AvgIpc) is 3.02. The molecule has 0 atom stereocenters. The predicted molar refractivity (Wildman–Crippen MR) is 94.4 cm³/mol. The van der Waals surface area contributed by atoms with Gasteiger partial charge in [-0.05, 0) is 29.7 Å². The summed E-state index contributed by atoms with van der Waals surface area (Å²) in [6.45, 7) is 1.14. The summed E-state index contributed by atoms with van der Waals surface area (Å²) in [5.41, 5.74) is 2.44. The van der Waals surface area contributed by atoms with Crippen LogP contribution in [0.1, 0.15) is 23.2 Å². The van der Waals surface area contributed by atoms with E-state index in [1.54, 1.807) is 12.0 Å². The van der Waals surface area contributed by atoms with Gasteiger partial charge < -0.3 is 15.0 Å². The van der Waals surface area contributed by atoms with Crippen molar-refractivity contribution < 1.29 is 14.3 Å². The second kappa shape index (κ2) is 5.92. The highest BCUT2D eigenvalue weighted by Crippen LogP contribution is 2.34. The average molecular weight is 336 g/mol. The van der Waals surface area contributed by atoms with Gasteiger partial charge in [0.05, 0.1) is 18.2 Å². The summed E-state index contributed by atoms with van der Waals surface area (Å²) in [7, 11) is 1.58. The van der Waals surface area contributed by atoms with Crippen molar-refractivity contribution in [2.45, 2.75) is 18.4 Å². The highest BCUT2D eigenvalue weighted by Gasteiger charge is 2.49. The lowest BCUT2D eigenvalue weighted by Crippen LogP contribution is -2.68. The molecule has 1 N–H and O–H groups in total. The van der Waals surface area contributed by atoms with E-state index >= 15 is 0 Å². The molecule has 0 radical (unpaired) electrons. The Hall–Kier alpha value is -2.82. The molecule has 5 heteroatoms. The number of rotatable bonds is 3. The molecule has 4 rings (SSSR count). The maximum atomic E-state index is 12.8. The van der Waals surface area contributed by atoms with Gasteiger partial charge in [0.25, 0.3) is 5.91 Å². The number of carbonyl (C=O) groups is 2. The van der Waals surface area contributed by atoms with Crippen LogP contribution in [0.25, 0.3) is 11.1 Å². The standard InChI is InChI=1S/C20H20N2O3/c1-25-17-11-15(14-5-3-2-4-6-14)7-8-16(17)19(24)22-12-20(13-22)10-9-18(23)21-20/h2-8,11H,9-10,12-13H2,1H3,(H,21,23). The van der Waals surface area contributed by atoms with E-state index in [1.165, 1.54) is 0 Å². The summed E-state index contributed by atoms with van der Waals surface area (Å²) in [6.07, 6.45) is 1.36. The molecule has 2 heterocycles. The Balaban J connectivity index is 1.54. The summed E-state index contributed by atoms with van der Waals surface area (Å²) in [5.74, 6) is 0.600. The monoisotopic (exact) mass is 336 g/mol. The van der Waals surface area contributed by atoms with E-state index in [1.807, 2.05) is 48.5 Å². The van der Waals surface area contributed by atoms with Crippen LogP contribution < -0.4 is 10.1 Å². The van der Waals surface area contributed by atoms with Crippen molar-refractivity contribution in [2.24, 2.45) is 0 Å². The van der Waals surface area contributed by atoms with Gasteiger partial charge in [-0.15, -0.1) is 0 Å². The van der Waals surface area contributed by atoms with Crippen LogP contribution in [0.2, 0.25) is 0 Å². The van der Waals surface area contributed by atoms with Crippen LogP contribution in [-0.4, -0.2) is 42.5 Å². The van der Waals surface area contributed by atoms with Gasteiger partial charge in [0.15, 0.2) is 0 Å². The number of hydrogen-bond donors (Lipinski definition) is 1. The first-order valence-electron chi connectivity index (χ1n) is 8.44. The highest BCUT2D eigenvalue weighted by atomic mass is 16.5. The van der Waals surface area contributed by atoms with E-state index in [2.05, 4.69) is 5.32 Å². The molecule has 2 aromatic carbocycles. The SMILES string of the molecule is COc1cc(-c2ccccc2)ccc1C(=O)N1CC2(CCC(=O)N2)C1. The maximum absolute atomic E-state index is 12.8. The van der Waals surface area contributed by atoms with E-state index in [9.17, 15) is 9.59 Å². The van der Waals surface area contributed by atoms with Crippen LogP contribution in [0.5, 0.6) is 5.75 Å². The first kappa shape index (κ1) is 15.7. The number of likely N-dealkylation sites (tertiary alicyclic amines) is 1. The van der Waals surface area contributed by atoms with E-state index in [-0.39, 0.29) is 17.4 Å². The van der Waals surface area contributed by atoms with Gasteiger partial charge >= 0.3 is 0 Å². The number of hydrogen-bond acceptors (Lipinski definition) is 3. The van der Waals surface area contributed by atoms with Crippen molar-refractivity contribution in [1.29, 1.82) is 0 Å². The van der Waals surface area contributed by atoms with Crippen LogP contribution in [0.3, 0.4) is 0 Å². The second-order valence-corrected chi connectivity index (χ2v) is 6.77. The van der Waals surface area contributed by atoms with Gasteiger partial charge in [-0.1, -0.05) is 36.4 Å². The van der Waals surface area contributed by atoms with Gasteiger partial charge in [-0.25, -0.2) is 0 Å². The van der Waals surface area contributed by atoms with E-state index in [4.69, 9.17) is 4.74 Å². The lowest BCUT2D eigenvalue weighted by atomic mass is 9.87. The van der Waals surface area contributed by atoms with Crippen molar-refractivity contribution in [1.82, 2.24) is 10.2 Å². The number of amides is 2. The molecule has 128 valence electrons.